The molecule has 1 atom stereocenters. The summed E-state index contributed by atoms with van der Waals surface area (Å²) in [5, 5.41) is 0. The zero-order valence-corrected chi connectivity index (χ0v) is 12.1. The molecule has 1 aliphatic heterocycles. The van der Waals surface area contributed by atoms with Gasteiger partial charge in [0.05, 0.1) is 12.2 Å². The number of nitrogens with two attached hydrogens (primary N) is 1. The van der Waals surface area contributed by atoms with Crippen molar-refractivity contribution in [1.29, 1.82) is 0 Å². The van der Waals surface area contributed by atoms with Crippen molar-refractivity contribution in [2.45, 2.75) is 45.6 Å². The lowest BCUT2D eigenvalue weighted by molar-refractivity contribution is 0.227. The van der Waals surface area contributed by atoms with Gasteiger partial charge in [0.2, 0.25) is 5.88 Å². The van der Waals surface area contributed by atoms with Crippen molar-refractivity contribution in [3.05, 3.63) is 11.4 Å². The first-order valence-corrected chi connectivity index (χ1v) is 7.07. The summed E-state index contributed by atoms with van der Waals surface area (Å²) < 4.78 is 5.81. The minimum absolute atomic E-state index is 0.528. The fourth-order valence-corrected chi connectivity index (χ4v) is 2.49. The van der Waals surface area contributed by atoms with Crippen LogP contribution >= 0.6 is 0 Å². The van der Waals surface area contributed by atoms with Crippen molar-refractivity contribution in [2.75, 3.05) is 25.9 Å². The topological polar surface area (TPSA) is 64.3 Å². The summed E-state index contributed by atoms with van der Waals surface area (Å²) in [4.78, 5) is 11.0. The predicted octanol–water partition coefficient (Wildman–Crippen LogP) is 1.79. The highest BCUT2D eigenvalue weighted by Gasteiger charge is 2.20. The molecule has 1 aliphatic rings. The van der Waals surface area contributed by atoms with Crippen LogP contribution in [0.4, 0.5) is 5.82 Å². The zero-order valence-electron chi connectivity index (χ0n) is 12.1. The van der Waals surface area contributed by atoms with Crippen LogP contribution in [0.15, 0.2) is 0 Å². The van der Waals surface area contributed by atoms with Crippen LogP contribution in [0.5, 0.6) is 5.88 Å². The lowest BCUT2D eigenvalue weighted by Crippen LogP contribution is -2.26. The Morgan fingerprint density at radius 3 is 2.84 bits per heavy atom. The standard InChI is InChI=1S/C14H24N4O/c1-4-12-16-13(15)10(2)14(17-12)19-9-7-11-6-5-8-18(11)3/h11H,4-9H2,1-3H3,(H2,15,16,17). The Morgan fingerprint density at radius 2 is 2.21 bits per heavy atom. The number of hydrogen-bond donors (Lipinski definition) is 1. The highest BCUT2D eigenvalue weighted by atomic mass is 16.5. The van der Waals surface area contributed by atoms with E-state index >= 15 is 0 Å². The van der Waals surface area contributed by atoms with Gasteiger partial charge in [0, 0.05) is 12.5 Å². The van der Waals surface area contributed by atoms with Gasteiger partial charge in [-0.1, -0.05) is 6.92 Å². The van der Waals surface area contributed by atoms with Crippen molar-refractivity contribution in [1.82, 2.24) is 14.9 Å². The van der Waals surface area contributed by atoms with E-state index in [0.717, 1.165) is 24.2 Å². The number of hydrogen-bond acceptors (Lipinski definition) is 5. The molecular formula is C14H24N4O. The molecule has 106 valence electrons. The van der Waals surface area contributed by atoms with Crippen LogP contribution in [0.1, 0.15) is 37.6 Å². The molecule has 19 heavy (non-hydrogen) atoms. The molecule has 0 amide bonds. The van der Waals surface area contributed by atoms with E-state index in [4.69, 9.17) is 10.5 Å². The van der Waals surface area contributed by atoms with E-state index in [1.54, 1.807) is 0 Å². The maximum absolute atomic E-state index is 5.87. The maximum Gasteiger partial charge on any atom is 0.221 e. The number of nitrogen functional groups attached to an aromatic ring is 1. The molecule has 5 nitrogen and oxygen atoms in total. The second-order valence-corrected chi connectivity index (χ2v) is 5.22. The summed E-state index contributed by atoms with van der Waals surface area (Å²) >= 11 is 0. The molecule has 2 heterocycles. The van der Waals surface area contributed by atoms with E-state index in [0.29, 0.717) is 24.3 Å². The number of anilines is 1. The van der Waals surface area contributed by atoms with Gasteiger partial charge in [-0.2, -0.15) is 4.98 Å². The van der Waals surface area contributed by atoms with Crippen LogP contribution in [-0.2, 0) is 6.42 Å². The smallest absolute Gasteiger partial charge is 0.221 e. The van der Waals surface area contributed by atoms with E-state index in [1.807, 2.05) is 13.8 Å². The lowest BCUT2D eigenvalue weighted by atomic mass is 10.1. The molecule has 5 heteroatoms. The Labute approximate surface area is 115 Å². The second-order valence-electron chi connectivity index (χ2n) is 5.22. The summed E-state index contributed by atoms with van der Waals surface area (Å²) in [5.41, 5.74) is 6.72. The van der Waals surface area contributed by atoms with Crippen LogP contribution in [0.3, 0.4) is 0 Å². The fraction of sp³-hybridized carbons (Fsp3) is 0.714. The Bertz CT molecular complexity index is 436. The Balaban J connectivity index is 1.93. The third-order valence-corrected chi connectivity index (χ3v) is 3.86. The highest BCUT2D eigenvalue weighted by Crippen LogP contribution is 2.22. The third-order valence-electron chi connectivity index (χ3n) is 3.86. The molecule has 1 fully saturated rings. The number of aromatic nitrogens is 2. The van der Waals surface area contributed by atoms with E-state index in [9.17, 15) is 0 Å². The first-order valence-electron chi connectivity index (χ1n) is 7.07. The minimum Gasteiger partial charge on any atom is -0.477 e. The molecule has 0 bridgehead atoms. The number of nitrogens with zero attached hydrogens (tertiary/aromatic N) is 3. The van der Waals surface area contributed by atoms with Gasteiger partial charge in [0.25, 0.3) is 0 Å². The normalized spacial score (nSPS) is 19.8. The van der Waals surface area contributed by atoms with Crippen LogP contribution < -0.4 is 10.5 Å². The van der Waals surface area contributed by atoms with Crippen LogP contribution in [0.2, 0.25) is 0 Å². The highest BCUT2D eigenvalue weighted by molar-refractivity contribution is 5.44. The van der Waals surface area contributed by atoms with Gasteiger partial charge in [-0.25, -0.2) is 4.98 Å². The molecule has 0 spiro atoms. The predicted molar refractivity (Wildman–Crippen MR) is 76.3 cm³/mol. The van der Waals surface area contributed by atoms with Gasteiger partial charge in [-0.3, -0.25) is 0 Å². The molecule has 0 radical (unpaired) electrons. The lowest BCUT2D eigenvalue weighted by Gasteiger charge is -2.19. The van der Waals surface area contributed by atoms with Gasteiger partial charge >= 0.3 is 0 Å². The maximum atomic E-state index is 5.87. The number of ether oxygens (including phenoxy) is 1. The quantitative estimate of drug-likeness (QED) is 0.878. The van der Waals surface area contributed by atoms with E-state index in [-0.39, 0.29) is 0 Å². The average molecular weight is 264 g/mol. The van der Waals surface area contributed by atoms with Crippen LogP contribution in [0.25, 0.3) is 0 Å². The Kier molecular flexibility index (Phi) is 4.58. The molecule has 2 rings (SSSR count). The largest absolute Gasteiger partial charge is 0.477 e. The van der Waals surface area contributed by atoms with Crippen molar-refractivity contribution < 1.29 is 4.74 Å². The summed E-state index contributed by atoms with van der Waals surface area (Å²) in [6.45, 7) is 5.81. The summed E-state index contributed by atoms with van der Waals surface area (Å²) in [7, 11) is 2.18. The van der Waals surface area contributed by atoms with Gasteiger partial charge in [-0.15, -0.1) is 0 Å². The van der Waals surface area contributed by atoms with Crippen molar-refractivity contribution in [3.63, 3.8) is 0 Å². The zero-order chi connectivity index (χ0) is 13.8. The average Bonchev–Trinajstić information content (AvgIpc) is 2.80. The summed E-state index contributed by atoms with van der Waals surface area (Å²) in [5.74, 6) is 1.92. The first kappa shape index (κ1) is 14.1. The molecule has 1 aromatic rings. The minimum atomic E-state index is 0.528. The van der Waals surface area contributed by atoms with Crippen molar-refractivity contribution in [3.8, 4) is 5.88 Å². The van der Waals surface area contributed by atoms with E-state index in [1.165, 1.54) is 19.4 Å². The number of aryl methyl sites for hydroxylation is 1. The number of likely N-dealkylation sites (tertiary alicyclic amines) is 1. The number of rotatable bonds is 5. The van der Waals surface area contributed by atoms with Gasteiger partial charge < -0.3 is 15.4 Å². The second kappa shape index (κ2) is 6.19. The molecule has 0 saturated carbocycles. The SMILES string of the molecule is CCc1nc(N)c(C)c(OCCC2CCCN2C)n1. The van der Waals surface area contributed by atoms with E-state index < -0.39 is 0 Å². The molecular weight excluding hydrogens is 240 g/mol. The molecule has 1 unspecified atom stereocenters. The van der Waals surface area contributed by atoms with Crippen molar-refractivity contribution >= 4 is 5.82 Å². The van der Waals surface area contributed by atoms with Gasteiger partial charge in [0.15, 0.2) is 0 Å². The monoisotopic (exact) mass is 264 g/mol. The van der Waals surface area contributed by atoms with Gasteiger partial charge in [0.1, 0.15) is 11.6 Å². The molecule has 0 aromatic carbocycles. The summed E-state index contributed by atoms with van der Waals surface area (Å²) in [6, 6.07) is 0.644. The summed E-state index contributed by atoms with van der Waals surface area (Å²) in [6.07, 6.45) is 4.37. The van der Waals surface area contributed by atoms with Crippen LogP contribution in [0, 0.1) is 6.92 Å². The molecule has 1 aromatic heterocycles. The van der Waals surface area contributed by atoms with Crippen LogP contribution in [-0.4, -0.2) is 41.1 Å². The Hall–Kier alpha value is -1.36. The molecule has 2 N–H and O–H groups in total. The fourth-order valence-electron chi connectivity index (χ4n) is 2.49. The first-order chi connectivity index (χ1) is 9.11. The third kappa shape index (κ3) is 3.35. The van der Waals surface area contributed by atoms with Crippen molar-refractivity contribution in [2.24, 2.45) is 0 Å². The Morgan fingerprint density at radius 1 is 1.42 bits per heavy atom. The molecule has 0 aliphatic carbocycles. The molecule has 1 saturated heterocycles. The van der Waals surface area contributed by atoms with E-state index in [2.05, 4.69) is 21.9 Å². The van der Waals surface area contributed by atoms with Gasteiger partial charge in [-0.05, 0) is 39.8 Å².